The van der Waals surface area contributed by atoms with Crippen LogP contribution in [0.2, 0.25) is 0 Å². The normalized spacial score (nSPS) is 10.5. The molecule has 0 bridgehead atoms. The molecule has 0 N–H and O–H groups in total. The number of halogens is 2. The Hall–Kier alpha value is -2.11. The third kappa shape index (κ3) is 3.01. The first-order valence-electron chi connectivity index (χ1n) is 5.99. The van der Waals surface area contributed by atoms with Crippen molar-refractivity contribution in [3.05, 3.63) is 41.2 Å². The largest absolute Gasteiger partial charge is 0.420 e. The molecule has 0 spiro atoms. The van der Waals surface area contributed by atoms with Crippen molar-refractivity contribution >= 4 is 0 Å². The van der Waals surface area contributed by atoms with Crippen molar-refractivity contribution < 1.29 is 13.5 Å². The van der Waals surface area contributed by atoms with Gasteiger partial charge in [-0.1, -0.05) is 18.9 Å². The molecule has 4 nitrogen and oxygen atoms in total. The van der Waals surface area contributed by atoms with Crippen LogP contribution in [0.4, 0.5) is 8.78 Å². The van der Waals surface area contributed by atoms with Gasteiger partial charge >= 0.3 is 6.01 Å². The van der Waals surface area contributed by atoms with E-state index in [0.717, 1.165) is 29.6 Å². The summed E-state index contributed by atoms with van der Waals surface area (Å²) in [4.78, 5) is 4.14. The molecule has 0 amide bonds. The zero-order valence-electron chi connectivity index (χ0n) is 10.7. The zero-order valence-corrected chi connectivity index (χ0v) is 10.7. The van der Waals surface area contributed by atoms with E-state index in [1.54, 1.807) is 0 Å². The van der Waals surface area contributed by atoms with Crippen LogP contribution < -0.4 is 4.74 Å². The van der Waals surface area contributed by atoms with Crippen LogP contribution in [-0.2, 0) is 12.8 Å². The third-order valence-electron chi connectivity index (χ3n) is 2.58. The van der Waals surface area contributed by atoms with Gasteiger partial charge in [-0.15, -0.1) is 5.10 Å². The van der Waals surface area contributed by atoms with Crippen molar-refractivity contribution in [3.8, 4) is 11.8 Å². The smallest absolute Gasteiger partial charge is 0.341 e. The van der Waals surface area contributed by atoms with E-state index in [2.05, 4.69) is 15.2 Å². The van der Waals surface area contributed by atoms with Gasteiger partial charge in [-0.3, -0.25) is 0 Å². The highest BCUT2D eigenvalue weighted by Gasteiger charge is 2.11. The maximum Gasteiger partial charge on any atom is 0.341 e. The number of ether oxygens (including phenoxy) is 1. The van der Waals surface area contributed by atoms with Crippen molar-refractivity contribution in [2.24, 2.45) is 0 Å². The van der Waals surface area contributed by atoms with Gasteiger partial charge in [-0.25, -0.2) is 8.78 Å². The topological polar surface area (TPSA) is 47.9 Å². The Balaban J connectivity index is 2.30. The monoisotopic (exact) mass is 265 g/mol. The van der Waals surface area contributed by atoms with Crippen LogP contribution in [0.25, 0.3) is 0 Å². The first kappa shape index (κ1) is 13.3. The van der Waals surface area contributed by atoms with Crippen LogP contribution in [0.5, 0.6) is 11.8 Å². The molecule has 1 heterocycles. The molecule has 0 aliphatic rings. The highest BCUT2D eigenvalue weighted by atomic mass is 19.1. The van der Waals surface area contributed by atoms with Crippen molar-refractivity contribution in [3.63, 3.8) is 0 Å². The minimum Gasteiger partial charge on any atom is -0.420 e. The van der Waals surface area contributed by atoms with Gasteiger partial charge in [0.25, 0.3) is 0 Å². The van der Waals surface area contributed by atoms with Gasteiger partial charge < -0.3 is 4.74 Å². The van der Waals surface area contributed by atoms with Gasteiger partial charge in [0.1, 0.15) is 5.82 Å². The van der Waals surface area contributed by atoms with Gasteiger partial charge in [0.05, 0.1) is 11.4 Å². The lowest BCUT2D eigenvalue weighted by Gasteiger charge is -2.07. The second-order valence-corrected chi connectivity index (χ2v) is 3.87. The van der Waals surface area contributed by atoms with Crippen molar-refractivity contribution in [1.82, 2.24) is 15.2 Å². The standard InChI is InChI=1S/C13H13F2N3O/c1-3-10-11(4-2)17-18-13(16-10)19-12-7-8(14)5-6-9(12)15/h5-7H,3-4H2,1-2H3. The number of hydrogen-bond acceptors (Lipinski definition) is 4. The maximum absolute atomic E-state index is 13.4. The lowest BCUT2D eigenvalue weighted by atomic mass is 10.2. The second-order valence-electron chi connectivity index (χ2n) is 3.87. The lowest BCUT2D eigenvalue weighted by molar-refractivity contribution is 0.397. The Morgan fingerprint density at radius 2 is 1.79 bits per heavy atom. The molecule has 2 aromatic rings. The Kier molecular flexibility index (Phi) is 3.99. The van der Waals surface area contributed by atoms with E-state index in [4.69, 9.17) is 4.74 Å². The molecule has 0 saturated carbocycles. The molecule has 100 valence electrons. The summed E-state index contributed by atoms with van der Waals surface area (Å²) in [5.41, 5.74) is 1.51. The Labute approximate surface area is 109 Å². The van der Waals surface area contributed by atoms with Crippen LogP contribution in [0.1, 0.15) is 25.2 Å². The van der Waals surface area contributed by atoms with Crippen LogP contribution in [0.3, 0.4) is 0 Å². The van der Waals surface area contributed by atoms with Gasteiger partial charge in [-0.05, 0) is 25.0 Å². The average Bonchev–Trinajstić information content (AvgIpc) is 2.42. The molecular weight excluding hydrogens is 252 g/mol. The molecule has 6 heteroatoms. The highest BCUT2D eigenvalue weighted by Crippen LogP contribution is 2.22. The van der Waals surface area contributed by atoms with E-state index in [0.29, 0.717) is 12.8 Å². The number of aromatic nitrogens is 3. The summed E-state index contributed by atoms with van der Waals surface area (Å²) in [6, 6.07) is 2.86. The number of rotatable bonds is 4. The summed E-state index contributed by atoms with van der Waals surface area (Å²) in [6.45, 7) is 3.87. The Bertz CT molecular complexity index is 590. The molecule has 2 rings (SSSR count). The third-order valence-corrected chi connectivity index (χ3v) is 2.58. The van der Waals surface area contributed by atoms with Crippen molar-refractivity contribution in [1.29, 1.82) is 0 Å². The molecule has 1 aromatic heterocycles. The molecular formula is C13H13F2N3O. The second kappa shape index (κ2) is 5.69. The molecule has 0 aliphatic heterocycles. The van der Waals surface area contributed by atoms with E-state index >= 15 is 0 Å². The fraction of sp³-hybridized carbons (Fsp3) is 0.308. The number of hydrogen-bond donors (Lipinski definition) is 0. The minimum atomic E-state index is -0.678. The summed E-state index contributed by atoms with van der Waals surface area (Å²) in [7, 11) is 0. The van der Waals surface area contributed by atoms with E-state index < -0.39 is 11.6 Å². The van der Waals surface area contributed by atoms with E-state index in [-0.39, 0.29) is 11.8 Å². The zero-order chi connectivity index (χ0) is 13.8. The highest BCUT2D eigenvalue weighted by molar-refractivity contribution is 5.27. The summed E-state index contributed by atoms with van der Waals surface area (Å²) >= 11 is 0. The number of benzene rings is 1. The molecule has 0 saturated heterocycles. The summed E-state index contributed by atoms with van der Waals surface area (Å²) < 4.78 is 31.6. The fourth-order valence-corrected chi connectivity index (χ4v) is 1.62. The molecule has 0 radical (unpaired) electrons. The van der Waals surface area contributed by atoms with Crippen LogP contribution in [0.15, 0.2) is 18.2 Å². The quantitative estimate of drug-likeness (QED) is 0.852. The van der Waals surface area contributed by atoms with Gasteiger partial charge in [0, 0.05) is 6.07 Å². The van der Waals surface area contributed by atoms with Crippen molar-refractivity contribution in [2.75, 3.05) is 0 Å². The molecule has 0 unspecified atom stereocenters. The van der Waals surface area contributed by atoms with E-state index in [1.165, 1.54) is 0 Å². The molecule has 0 fully saturated rings. The fourth-order valence-electron chi connectivity index (χ4n) is 1.62. The van der Waals surface area contributed by atoms with Crippen LogP contribution >= 0.6 is 0 Å². The lowest BCUT2D eigenvalue weighted by Crippen LogP contribution is -2.05. The summed E-state index contributed by atoms with van der Waals surface area (Å²) in [6.07, 6.45) is 1.37. The van der Waals surface area contributed by atoms with Crippen LogP contribution in [-0.4, -0.2) is 15.2 Å². The molecule has 19 heavy (non-hydrogen) atoms. The van der Waals surface area contributed by atoms with E-state index in [9.17, 15) is 8.78 Å². The first-order valence-corrected chi connectivity index (χ1v) is 5.99. The Morgan fingerprint density at radius 3 is 2.47 bits per heavy atom. The van der Waals surface area contributed by atoms with E-state index in [1.807, 2.05) is 13.8 Å². The number of aryl methyl sites for hydroxylation is 2. The van der Waals surface area contributed by atoms with Gasteiger partial charge in [0.2, 0.25) is 0 Å². The predicted octanol–water partition coefficient (Wildman–Crippen LogP) is 3.07. The molecule has 1 aromatic carbocycles. The van der Waals surface area contributed by atoms with Gasteiger partial charge in [-0.2, -0.15) is 4.98 Å². The first-order chi connectivity index (χ1) is 9.13. The minimum absolute atomic E-state index is 0.0847. The maximum atomic E-state index is 13.4. The Morgan fingerprint density at radius 1 is 1.05 bits per heavy atom. The number of nitrogens with zero attached hydrogens (tertiary/aromatic N) is 3. The SMILES string of the molecule is CCc1nnc(Oc2cc(F)ccc2F)nc1CC. The average molecular weight is 265 g/mol. The van der Waals surface area contributed by atoms with Crippen LogP contribution in [0, 0.1) is 11.6 Å². The summed E-state index contributed by atoms with van der Waals surface area (Å²) in [5, 5.41) is 7.71. The van der Waals surface area contributed by atoms with Crippen molar-refractivity contribution in [2.45, 2.75) is 26.7 Å². The summed E-state index contributed by atoms with van der Waals surface area (Å²) in [5.74, 6) is -1.53. The predicted molar refractivity (Wildman–Crippen MR) is 65.0 cm³/mol. The molecule has 0 atom stereocenters. The van der Waals surface area contributed by atoms with Gasteiger partial charge in [0.15, 0.2) is 11.6 Å². The molecule has 0 aliphatic carbocycles.